The molecule has 1 heterocycles. The van der Waals surface area contributed by atoms with Crippen molar-refractivity contribution < 1.29 is 0 Å². The van der Waals surface area contributed by atoms with E-state index in [1.165, 1.54) is 30.7 Å². The smallest absolute Gasteiger partial charge is 0.110 e. The van der Waals surface area contributed by atoms with Gasteiger partial charge in [-0.3, -0.25) is 5.32 Å². The van der Waals surface area contributed by atoms with Crippen LogP contribution in [0.5, 0.6) is 0 Å². The largest absolute Gasteiger partial charge is 0.275 e. The molecule has 0 atom stereocenters. The fraction of sp³-hybridized carbons (Fsp3) is 0.600. The summed E-state index contributed by atoms with van der Waals surface area (Å²) in [5.41, 5.74) is 0. The highest BCUT2D eigenvalue weighted by Gasteiger charge is 1.92. The first-order valence-electron chi connectivity index (χ1n) is 4.64. The minimum absolute atomic E-state index is 1.00. The zero-order valence-electron chi connectivity index (χ0n) is 7.62. The highest BCUT2D eigenvalue weighted by molar-refractivity contribution is 7.13. The van der Waals surface area contributed by atoms with E-state index >= 15 is 0 Å². The molecule has 1 aromatic rings. The van der Waals surface area contributed by atoms with E-state index in [9.17, 15) is 0 Å². The van der Waals surface area contributed by atoms with Crippen LogP contribution in [0.1, 0.15) is 32.6 Å². The van der Waals surface area contributed by atoms with E-state index in [2.05, 4.69) is 29.8 Å². The molecule has 0 fully saturated rings. The summed E-state index contributed by atoms with van der Waals surface area (Å²) in [5, 5.41) is 7.70. The fourth-order valence-corrected chi connectivity index (χ4v) is 1.71. The van der Waals surface area contributed by atoms with E-state index in [0.29, 0.717) is 0 Å². The third-order valence-corrected chi connectivity index (χ3v) is 2.59. The Morgan fingerprint density at radius 2 is 2.25 bits per heavy atom. The first kappa shape index (κ1) is 9.59. The first-order valence-corrected chi connectivity index (χ1v) is 5.52. The summed E-state index contributed by atoms with van der Waals surface area (Å²) in [4.78, 5) is 0. The Hall–Kier alpha value is -0.500. The van der Waals surface area contributed by atoms with Crippen LogP contribution < -0.4 is 5.32 Å². The molecule has 0 saturated heterocycles. The molecule has 1 radical (unpaired) electrons. The molecule has 1 nitrogen and oxygen atoms in total. The van der Waals surface area contributed by atoms with Gasteiger partial charge in [-0.15, -0.1) is 11.3 Å². The van der Waals surface area contributed by atoms with Crippen molar-refractivity contribution in [3.8, 4) is 0 Å². The van der Waals surface area contributed by atoms with Gasteiger partial charge in [-0.25, -0.2) is 0 Å². The molecule has 2 heteroatoms. The Kier molecular flexibility index (Phi) is 4.85. The lowest BCUT2D eigenvalue weighted by atomic mass is 10.2. The number of hydrogen-bond acceptors (Lipinski definition) is 1. The molecule has 0 aliphatic heterocycles. The standard InChI is InChI=1S/C10H16NS/c1-2-3-4-5-8-11-10-7-6-9-12-10/h6-7,9H,2-5,8H2,1H3. The minimum Gasteiger partial charge on any atom is -0.275 e. The molecule has 12 heavy (non-hydrogen) atoms. The van der Waals surface area contributed by atoms with Gasteiger partial charge in [0.1, 0.15) is 5.00 Å². The second kappa shape index (κ2) is 6.06. The Morgan fingerprint density at radius 1 is 1.33 bits per heavy atom. The number of rotatable bonds is 6. The quantitative estimate of drug-likeness (QED) is 0.597. The summed E-state index contributed by atoms with van der Waals surface area (Å²) >= 11 is 1.72. The van der Waals surface area contributed by atoms with Gasteiger partial charge in [0.05, 0.1) is 0 Å². The van der Waals surface area contributed by atoms with Crippen molar-refractivity contribution in [3.63, 3.8) is 0 Å². The molecule has 0 aromatic carbocycles. The Morgan fingerprint density at radius 3 is 2.92 bits per heavy atom. The second-order valence-electron chi connectivity index (χ2n) is 2.89. The molecule has 67 valence electrons. The number of thiophene rings is 1. The SMILES string of the molecule is CCCCCC[N]c1cccs1. The predicted molar refractivity (Wildman–Crippen MR) is 55.1 cm³/mol. The molecular formula is C10H16NS. The highest BCUT2D eigenvalue weighted by atomic mass is 32.1. The van der Waals surface area contributed by atoms with Crippen LogP contribution in [0.3, 0.4) is 0 Å². The molecule has 0 unspecified atom stereocenters. The van der Waals surface area contributed by atoms with Crippen LogP contribution in [0.4, 0.5) is 5.00 Å². The van der Waals surface area contributed by atoms with Gasteiger partial charge in [0, 0.05) is 6.54 Å². The van der Waals surface area contributed by atoms with Crippen LogP contribution in [0.15, 0.2) is 17.5 Å². The maximum atomic E-state index is 4.46. The van der Waals surface area contributed by atoms with Crippen molar-refractivity contribution in [2.24, 2.45) is 0 Å². The van der Waals surface area contributed by atoms with Crippen LogP contribution in [0.2, 0.25) is 0 Å². The van der Waals surface area contributed by atoms with Gasteiger partial charge in [0.25, 0.3) is 0 Å². The van der Waals surface area contributed by atoms with E-state index < -0.39 is 0 Å². The fourth-order valence-electron chi connectivity index (χ4n) is 1.09. The van der Waals surface area contributed by atoms with Crippen LogP contribution in [0, 0.1) is 0 Å². The molecule has 0 bridgehead atoms. The van der Waals surface area contributed by atoms with Gasteiger partial charge in [-0.1, -0.05) is 26.2 Å². The molecule has 0 N–H and O–H groups in total. The summed E-state index contributed by atoms with van der Waals surface area (Å²) in [5.74, 6) is 0. The molecule has 0 spiro atoms. The van der Waals surface area contributed by atoms with Gasteiger partial charge in [0.15, 0.2) is 0 Å². The predicted octanol–water partition coefficient (Wildman–Crippen LogP) is 3.56. The van der Waals surface area contributed by atoms with E-state index in [4.69, 9.17) is 0 Å². The van der Waals surface area contributed by atoms with Crippen molar-refractivity contribution in [2.75, 3.05) is 6.54 Å². The van der Waals surface area contributed by atoms with Crippen LogP contribution in [-0.4, -0.2) is 6.54 Å². The van der Waals surface area contributed by atoms with Crippen LogP contribution in [-0.2, 0) is 0 Å². The lowest BCUT2D eigenvalue weighted by molar-refractivity contribution is 0.646. The van der Waals surface area contributed by atoms with Crippen molar-refractivity contribution in [3.05, 3.63) is 17.5 Å². The zero-order valence-corrected chi connectivity index (χ0v) is 8.44. The Bertz CT molecular complexity index is 182. The Balaban J connectivity index is 1.96. The highest BCUT2D eigenvalue weighted by Crippen LogP contribution is 2.15. The van der Waals surface area contributed by atoms with Crippen molar-refractivity contribution in [2.45, 2.75) is 32.6 Å². The van der Waals surface area contributed by atoms with Crippen molar-refractivity contribution in [1.29, 1.82) is 0 Å². The molecule has 0 aliphatic carbocycles. The lowest BCUT2D eigenvalue weighted by Crippen LogP contribution is -1.97. The third-order valence-electron chi connectivity index (χ3n) is 1.79. The average molecular weight is 182 g/mol. The monoisotopic (exact) mass is 182 g/mol. The maximum absolute atomic E-state index is 4.46. The number of hydrogen-bond donors (Lipinski definition) is 0. The third kappa shape index (κ3) is 3.77. The molecule has 1 rings (SSSR count). The van der Waals surface area contributed by atoms with E-state index in [1.54, 1.807) is 11.3 Å². The summed E-state index contributed by atoms with van der Waals surface area (Å²) in [6.07, 6.45) is 5.22. The second-order valence-corrected chi connectivity index (χ2v) is 3.82. The topological polar surface area (TPSA) is 14.1 Å². The van der Waals surface area contributed by atoms with Crippen molar-refractivity contribution in [1.82, 2.24) is 5.32 Å². The summed E-state index contributed by atoms with van der Waals surface area (Å²) in [6, 6.07) is 4.13. The van der Waals surface area contributed by atoms with Crippen LogP contribution in [0.25, 0.3) is 0 Å². The summed E-state index contributed by atoms with van der Waals surface area (Å²) in [6.45, 7) is 3.23. The van der Waals surface area contributed by atoms with Gasteiger partial charge in [-0.05, 0) is 23.9 Å². The molecule has 0 saturated carbocycles. The molecule has 0 aliphatic rings. The zero-order chi connectivity index (χ0) is 8.65. The number of unbranched alkanes of at least 4 members (excludes halogenated alkanes) is 3. The average Bonchev–Trinajstić information content (AvgIpc) is 2.57. The van der Waals surface area contributed by atoms with Gasteiger partial charge < -0.3 is 0 Å². The van der Waals surface area contributed by atoms with Gasteiger partial charge in [-0.2, -0.15) is 0 Å². The maximum Gasteiger partial charge on any atom is 0.110 e. The Labute approximate surface area is 78.8 Å². The first-order chi connectivity index (χ1) is 5.93. The van der Waals surface area contributed by atoms with Crippen LogP contribution >= 0.6 is 11.3 Å². The molecule has 0 amide bonds. The normalized spacial score (nSPS) is 10.1. The lowest BCUT2D eigenvalue weighted by Gasteiger charge is -1.98. The van der Waals surface area contributed by atoms with Gasteiger partial charge >= 0.3 is 0 Å². The van der Waals surface area contributed by atoms with E-state index in [1.807, 2.05) is 0 Å². The minimum atomic E-state index is 1.00. The molecular weight excluding hydrogens is 166 g/mol. The summed E-state index contributed by atoms with van der Waals surface area (Å²) in [7, 11) is 0. The van der Waals surface area contributed by atoms with E-state index in [-0.39, 0.29) is 0 Å². The molecule has 1 aromatic heterocycles. The van der Waals surface area contributed by atoms with Crippen molar-refractivity contribution >= 4 is 16.3 Å². The van der Waals surface area contributed by atoms with E-state index in [0.717, 1.165) is 6.54 Å². The van der Waals surface area contributed by atoms with Gasteiger partial charge in [0.2, 0.25) is 0 Å². The number of nitrogens with zero attached hydrogens (tertiary/aromatic N) is 1. The summed E-state index contributed by atoms with van der Waals surface area (Å²) < 4.78 is 0.